The second-order valence-electron chi connectivity index (χ2n) is 7.79. The number of thioether (sulfide) groups is 1. The SMILES string of the molecule is COc1cc2ncc(C#N)c(Nc3ccc(F)c(Cl)c3)c2cc1NC(=O)C=CCN1CCSCC1. The van der Waals surface area contributed by atoms with Crippen LogP contribution >= 0.6 is 23.4 Å². The third-order valence-electron chi connectivity index (χ3n) is 5.49. The van der Waals surface area contributed by atoms with Crippen LogP contribution in [-0.2, 0) is 4.79 Å². The third-order valence-corrected chi connectivity index (χ3v) is 6.73. The minimum Gasteiger partial charge on any atom is -0.494 e. The number of nitrogens with one attached hydrogen (secondary N) is 2. The number of ether oxygens (including phenoxy) is 1. The molecule has 2 heterocycles. The Labute approximate surface area is 211 Å². The highest BCUT2D eigenvalue weighted by atomic mass is 35.5. The van der Waals surface area contributed by atoms with Crippen LogP contribution < -0.4 is 15.4 Å². The molecule has 1 saturated heterocycles. The van der Waals surface area contributed by atoms with Gasteiger partial charge in [0.1, 0.15) is 17.6 Å². The highest BCUT2D eigenvalue weighted by Gasteiger charge is 2.15. The molecule has 0 aliphatic carbocycles. The number of fused-ring (bicyclic) bond motifs is 1. The van der Waals surface area contributed by atoms with Gasteiger partial charge in [0.05, 0.1) is 34.6 Å². The average molecular weight is 512 g/mol. The van der Waals surface area contributed by atoms with Gasteiger partial charge in [0.2, 0.25) is 5.91 Å². The highest BCUT2D eigenvalue weighted by Crippen LogP contribution is 2.36. The molecule has 0 saturated carbocycles. The number of rotatable bonds is 7. The summed E-state index contributed by atoms with van der Waals surface area (Å²) >= 11 is 7.86. The lowest BCUT2D eigenvalue weighted by atomic mass is 10.1. The van der Waals surface area contributed by atoms with Crippen LogP contribution in [0.1, 0.15) is 5.56 Å². The molecule has 10 heteroatoms. The van der Waals surface area contributed by atoms with Crippen LogP contribution in [-0.4, -0.2) is 54.0 Å². The molecule has 7 nitrogen and oxygen atoms in total. The van der Waals surface area contributed by atoms with E-state index in [0.29, 0.717) is 40.3 Å². The second kappa shape index (κ2) is 11.4. The molecule has 0 radical (unpaired) electrons. The minimum atomic E-state index is -0.542. The molecule has 2 aromatic carbocycles. The summed E-state index contributed by atoms with van der Waals surface area (Å²) in [6, 6.07) is 9.69. The average Bonchev–Trinajstić information content (AvgIpc) is 2.87. The van der Waals surface area contributed by atoms with Crippen molar-refractivity contribution in [1.29, 1.82) is 5.26 Å². The molecular weight excluding hydrogens is 489 g/mol. The van der Waals surface area contributed by atoms with E-state index in [1.54, 1.807) is 12.1 Å². The quantitative estimate of drug-likeness (QED) is 0.421. The fraction of sp³-hybridized carbons (Fsp3) is 0.240. The lowest BCUT2D eigenvalue weighted by Crippen LogP contribution is -2.32. The van der Waals surface area contributed by atoms with Crippen molar-refractivity contribution in [2.75, 3.05) is 48.9 Å². The largest absolute Gasteiger partial charge is 0.494 e. The number of carbonyl (C=O) groups excluding carboxylic acids is 1. The van der Waals surface area contributed by atoms with Crippen molar-refractivity contribution in [3.63, 3.8) is 0 Å². The normalized spacial score (nSPS) is 14.1. The zero-order chi connectivity index (χ0) is 24.8. The number of aromatic nitrogens is 1. The van der Waals surface area contributed by atoms with Gasteiger partial charge in [-0.15, -0.1) is 0 Å². The third kappa shape index (κ3) is 6.03. The number of halogens is 2. The summed E-state index contributed by atoms with van der Waals surface area (Å²) in [5.74, 6) is 1.80. The monoisotopic (exact) mass is 511 g/mol. The van der Waals surface area contributed by atoms with Crippen molar-refractivity contribution in [1.82, 2.24) is 9.88 Å². The Morgan fingerprint density at radius 1 is 1.34 bits per heavy atom. The van der Waals surface area contributed by atoms with Gasteiger partial charge >= 0.3 is 0 Å². The molecule has 0 atom stereocenters. The number of hydrogen-bond acceptors (Lipinski definition) is 7. The maximum Gasteiger partial charge on any atom is 0.248 e. The van der Waals surface area contributed by atoms with Crippen LogP contribution in [0, 0.1) is 17.1 Å². The predicted molar refractivity (Wildman–Crippen MR) is 139 cm³/mol. The predicted octanol–water partition coefficient (Wildman–Crippen LogP) is 5.19. The van der Waals surface area contributed by atoms with Gasteiger partial charge in [0, 0.05) is 60.6 Å². The number of carbonyl (C=O) groups is 1. The Balaban J connectivity index is 1.63. The van der Waals surface area contributed by atoms with E-state index in [-0.39, 0.29) is 16.5 Å². The summed E-state index contributed by atoms with van der Waals surface area (Å²) in [5, 5.41) is 16.2. The molecule has 2 N–H and O–H groups in total. The first-order chi connectivity index (χ1) is 17.0. The summed E-state index contributed by atoms with van der Waals surface area (Å²) in [7, 11) is 1.50. The minimum absolute atomic E-state index is 0.0448. The standard InChI is InChI=1S/C25H23ClFN5O2S/c1-34-23-13-21-18(12-22(23)31-24(33)3-2-6-32-7-9-35-10-8-32)25(16(14-28)15-29-21)30-17-4-5-20(27)19(26)11-17/h2-5,11-13,15H,6-10H2,1H3,(H,29,30)(H,31,33). The topological polar surface area (TPSA) is 90.3 Å². The molecule has 0 spiro atoms. The van der Waals surface area contributed by atoms with E-state index in [1.165, 1.54) is 37.6 Å². The maximum atomic E-state index is 13.6. The molecule has 1 aliphatic rings. The number of methoxy groups -OCH3 is 1. The molecule has 35 heavy (non-hydrogen) atoms. The number of amides is 1. The molecular formula is C25H23ClFN5O2S. The zero-order valence-corrected chi connectivity index (χ0v) is 20.5. The summed E-state index contributed by atoms with van der Waals surface area (Å²) in [6.07, 6.45) is 4.80. The lowest BCUT2D eigenvalue weighted by molar-refractivity contribution is -0.111. The Kier molecular flexibility index (Phi) is 8.08. The van der Waals surface area contributed by atoms with Gasteiger partial charge < -0.3 is 15.4 Å². The fourth-order valence-electron chi connectivity index (χ4n) is 3.69. The van der Waals surface area contributed by atoms with Gasteiger partial charge in [-0.1, -0.05) is 17.7 Å². The van der Waals surface area contributed by atoms with E-state index >= 15 is 0 Å². The van der Waals surface area contributed by atoms with Crippen LogP contribution in [0.3, 0.4) is 0 Å². The van der Waals surface area contributed by atoms with E-state index in [0.717, 1.165) is 24.6 Å². The van der Waals surface area contributed by atoms with Crippen molar-refractivity contribution in [2.45, 2.75) is 0 Å². The van der Waals surface area contributed by atoms with Gasteiger partial charge in [0.25, 0.3) is 0 Å². The van der Waals surface area contributed by atoms with Gasteiger partial charge in [-0.05, 0) is 24.3 Å². The fourth-order valence-corrected chi connectivity index (χ4v) is 4.85. The first kappa shape index (κ1) is 24.8. The molecule has 0 unspecified atom stereocenters. The molecule has 1 fully saturated rings. The molecule has 1 amide bonds. The van der Waals surface area contributed by atoms with Gasteiger partial charge in [-0.3, -0.25) is 14.7 Å². The Morgan fingerprint density at radius 2 is 2.14 bits per heavy atom. The number of anilines is 3. The number of nitrogens with zero attached hydrogens (tertiary/aromatic N) is 3. The molecule has 0 bridgehead atoms. The summed E-state index contributed by atoms with van der Waals surface area (Å²) in [4.78, 5) is 19.3. The number of benzene rings is 2. The number of hydrogen-bond donors (Lipinski definition) is 2. The first-order valence-electron chi connectivity index (χ1n) is 10.9. The molecule has 3 aromatic rings. The molecule has 4 rings (SSSR count). The lowest BCUT2D eigenvalue weighted by Gasteiger charge is -2.24. The van der Waals surface area contributed by atoms with E-state index in [1.807, 2.05) is 17.8 Å². The van der Waals surface area contributed by atoms with Gasteiger partial charge in [0.15, 0.2) is 0 Å². The van der Waals surface area contributed by atoms with Crippen molar-refractivity contribution >= 4 is 57.2 Å². The van der Waals surface area contributed by atoms with Crippen LogP contribution in [0.4, 0.5) is 21.5 Å². The van der Waals surface area contributed by atoms with Crippen molar-refractivity contribution in [3.8, 4) is 11.8 Å². The maximum absolute atomic E-state index is 13.6. The van der Waals surface area contributed by atoms with Crippen molar-refractivity contribution in [3.05, 3.63) is 65.1 Å². The molecule has 1 aliphatic heterocycles. The Hall–Kier alpha value is -3.32. The first-order valence-corrected chi connectivity index (χ1v) is 12.4. The van der Waals surface area contributed by atoms with Crippen molar-refractivity contribution < 1.29 is 13.9 Å². The van der Waals surface area contributed by atoms with E-state index in [9.17, 15) is 14.4 Å². The number of nitriles is 1. The van der Waals surface area contributed by atoms with Crippen molar-refractivity contribution in [2.24, 2.45) is 0 Å². The molecule has 1 aromatic heterocycles. The van der Waals surface area contributed by atoms with Gasteiger partial charge in [-0.25, -0.2) is 4.39 Å². The van der Waals surface area contributed by atoms with E-state index in [4.69, 9.17) is 16.3 Å². The van der Waals surface area contributed by atoms with Crippen LogP contribution in [0.15, 0.2) is 48.7 Å². The highest BCUT2D eigenvalue weighted by molar-refractivity contribution is 7.99. The van der Waals surface area contributed by atoms with Gasteiger partial charge in [-0.2, -0.15) is 17.0 Å². The smallest absolute Gasteiger partial charge is 0.248 e. The van der Waals surface area contributed by atoms with Crippen LogP contribution in [0.2, 0.25) is 5.02 Å². The van der Waals surface area contributed by atoms with E-state index < -0.39 is 5.82 Å². The Morgan fingerprint density at radius 3 is 2.86 bits per heavy atom. The summed E-state index contributed by atoms with van der Waals surface area (Å²) in [5.41, 5.74) is 2.21. The molecule has 180 valence electrons. The van der Waals surface area contributed by atoms with Crippen LogP contribution in [0.25, 0.3) is 10.9 Å². The van der Waals surface area contributed by atoms with E-state index in [2.05, 4.69) is 26.6 Å². The number of pyridine rings is 1. The zero-order valence-electron chi connectivity index (χ0n) is 19.0. The van der Waals surface area contributed by atoms with Crippen LogP contribution in [0.5, 0.6) is 5.75 Å². The summed E-state index contributed by atoms with van der Waals surface area (Å²) in [6.45, 7) is 2.74. The Bertz CT molecular complexity index is 1320. The summed E-state index contributed by atoms with van der Waals surface area (Å²) < 4.78 is 19.1. The second-order valence-corrected chi connectivity index (χ2v) is 9.42.